The maximum atomic E-state index is 13.3. The summed E-state index contributed by atoms with van der Waals surface area (Å²) in [4.78, 5) is 2.15. The highest BCUT2D eigenvalue weighted by Crippen LogP contribution is 2.18. The summed E-state index contributed by atoms with van der Waals surface area (Å²) in [6, 6.07) is 15.2. The Balaban J connectivity index is 2.09. The van der Waals surface area contributed by atoms with E-state index in [4.69, 9.17) is 5.73 Å². The van der Waals surface area contributed by atoms with Crippen molar-refractivity contribution in [2.45, 2.75) is 19.9 Å². The Morgan fingerprint density at radius 3 is 2.35 bits per heavy atom. The van der Waals surface area contributed by atoms with Gasteiger partial charge in [0.15, 0.2) is 0 Å². The van der Waals surface area contributed by atoms with Crippen LogP contribution in [-0.2, 0) is 13.0 Å². The lowest BCUT2D eigenvalue weighted by Gasteiger charge is -2.23. The number of nitrogens with two attached hydrogens (primary N) is 1. The number of anilines is 1. The first-order valence-corrected chi connectivity index (χ1v) is 7.01. The molecule has 0 bridgehead atoms. The van der Waals surface area contributed by atoms with E-state index in [-0.39, 0.29) is 5.82 Å². The molecule has 0 heterocycles. The highest BCUT2D eigenvalue weighted by atomic mass is 19.1. The van der Waals surface area contributed by atoms with Crippen molar-refractivity contribution in [1.29, 1.82) is 0 Å². The average molecular weight is 272 g/mol. The molecule has 20 heavy (non-hydrogen) atoms. The molecule has 0 spiro atoms. The van der Waals surface area contributed by atoms with Gasteiger partial charge in [-0.15, -0.1) is 0 Å². The van der Waals surface area contributed by atoms with E-state index in [9.17, 15) is 4.39 Å². The van der Waals surface area contributed by atoms with Gasteiger partial charge in [0.2, 0.25) is 0 Å². The van der Waals surface area contributed by atoms with Crippen LogP contribution in [0.4, 0.5) is 10.1 Å². The molecule has 2 N–H and O–H groups in total. The van der Waals surface area contributed by atoms with Crippen molar-refractivity contribution < 1.29 is 4.39 Å². The first-order valence-electron chi connectivity index (χ1n) is 7.01. The first kappa shape index (κ1) is 14.5. The molecule has 0 amide bonds. The summed E-state index contributed by atoms with van der Waals surface area (Å²) in [7, 11) is 0. The topological polar surface area (TPSA) is 29.3 Å². The SMILES string of the molecule is CCN(Cc1ccc(CCN)cc1)c1cccc(F)c1. The highest BCUT2D eigenvalue weighted by Gasteiger charge is 2.06. The Hall–Kier alpha value is -1.87. The van der Waals surface area contributed by atoms with Gasteiger partial charge in [-0.3, -0.25) is 0 Å². The summed E-state index contributed by atoms with van der Waals surface area (Å²) in [5.41, 5.74) is 8.94. The monoisotopic (exact) mass is 272 g/mol. The van der Waals surface area contributed by atoms with Gasteiger partial charge in [-0.2, -0.15) is 0 Å². The molecule has 0 aromatic heterocycles. The average Bonchev–Trinajstić information content (AvgIpc) is 2.47. The Labute approximate surface area is 120 Å². The van der Waals surface area contributed by atoms with Crippen molar-refractivity contribution in [2.75, 3.05) is 18.0 Å². The van der Waals surface area contributed by atoms with Gasteiger partial charge in [-0.25, -0.2) is 4.39 Å². The molecule has 0 saturated carbocycles. The molecule has 0 fully saturated rings. The van der Waals surface area contributed by atoms with Crippen LogP contribution in [0.5, 0.6) is 0 Å². The lowest BCUT2D eigenvalue weighted by Crippen LogP contribution is -2.22. The van der Waals surface area contributed by atoms with Crippen LogP contribution in [0, 0.1) is 5.82 Å². The molecule has 3 heteroatoms. The van der Waals surface area contributed by atoms with Crippen molar-refractivity contribution in [3.63, 3.8) is 0 Å². The maximum absolute atomic E-state index is 13.3. The van der Waals surface area contributed by atoms with Crippen LogP contribution in [0.2, 0.25) is 0 Å². The van der Waals surface area contributed by atoms with E-state index in [1.54, 1.807) is 12.1 Å². The third kappa shape index (κ3) is 3.81. The fourth-order valence-electron chi connectivity index (χ4n) is 2.26. The van der Waals surface area contributed by atoms with Gasteiger partial charge in [-0.1, -0.05) is 30.3 Å². The van der Waals surface area contributed by atoms with E-state index in [0.29, 0.717) is 6.54 Å². The molecular weight excluding hydrogens is 251 g/mol. The predicted octanol–water partition coefficient (Wildman–Crippen LogP) is 3.35. The minimum Gasteiger partial charge on any atom is -0.367 e. The van der Waals surface area contributed by atoms with Gasteiger partial charge in [0.05, 0.1) is 0 Å². The molecule has 0 atom stereocenters. The molecule has 0 aliphatic carbocycles. The summed E-state index contributed by atoms with van der Waals surface area (Å²) >= 11 is 0. The Morgan fingerprint density at radius 2 is 1.75 bits per heavy atom. The molecule has 2 nitrogen and oxygen atoms in total. The van der Waals surface area contributed by atoms with Crippen LogP contribution in [0.25, 0.3) is 0 Å². The Bertz CT molecular complexity index is 537. The number of hydrogen-bond acceptors (Lipinski definition) is 2. The zero-order chi connectivity index (χ0) is 14.4. The van der Waals surface area contributed by atoms with Gasteiger partial charge in [0, 0.05) is 18.8 Å². The lowest BCUT2D eigenvalue weighted by atomic mass is 10.1. The van der Waals surface area contributed by atoms with Crippen molar-refractivity contribution in [1.82, 2.24) is 0 Å². The van der Waals surface area contributed by atoms with Crippen molar-refractivity contribution >= 4 is 5.69 Å². The molecule has 0 radical (unpaired) electrons. The molecule has 0 saturated heterocycles. The molecule has 0 unspecified atom stereocenters. The minimum atomic E-state index is -0.195. The van der Waals surface area contributed by atoms with E-state index in [2.05, 4.69) is 36.1 Å². The number of hydrogen-bond donors (Lipinski definition) is 1. The number of rotatable bonds is 6. The maximum Gasteiger partial charge on any atom is 0.125 e. The summed E-state index contributed by atoms with van der Waals surface area (Å²) < 4.78 is 13.3. The number of benzene rings is 2. The zero-order valence-corrected chi connectivity index (χ0v) is 11.8. The third-order valence-corrected chi connectivity index (χ3v) is 3.38. The van der Waals surface area contributed by atoms with E-state index in [0.717, 1.165) is 25.2 Å². The van der Waals surface area contributed by atoms with E-state index in [1.807, 2.05) is 6.07 Å². The smallest absolute Gasteiger partial charge is 0.125 e. The fourth-order valence-corrected chi connectivity index (χ4v) is 2.26. The van der Waals surface area contributed by atoms with Gasteiger partial charge in [-0.05, 0) is 49.2 Å². The second-order valence-electron chi connectivity index (χ2n) is 4.85. The van der Waals surface area contributed by atoms with Crippen LogP contribution >= 0.6 is 0 Å². The predicted molar refractivity (Wildman–Crippen MR) is 82.3 cm³/mol. The number of nitrogens with zero attached hydrogens (tertiary/aromatic N) is 1. The van der Waals surface area contributed by atoms with Crippen LogP contribution in [-0.4, -0.2) is 13.1 Å². The third-order valence-electron chi connectivity index (χ3n) is 3.38. The van der Waals surface area contributed by atoms with Gasteiger partial charge in [0.25, 0.3) is 0 Å². The minimum absolute atomic E-state index is 0.195. The van der Waals surface area contributed by atoms with Crippen molar-refractivity contribution in [2.24, 2.45) is 5.73 Å². The number of halogens is 1. The van der Waals surface area contributed by atoms with Crippen LogP contribution in [0.15, 0.2) is 48.5 Å². The summed E-state index contributed by atoms with van der Waals surface area (Å²) in [6.07, 6.45) is 0.904. The summed E-state index contributed by atoms with van der Waals surface area (Å²) in [5, 5.41) is 0. The molecular formula is C17H21FN2. The van der Waals surface area contributed by atoms with E-state index >= 15 is 0 Å². The second kappa shape index (κ2) is 7.06. The molecule has 2 aromatic carbocycles. The van der Waals surface area contributed by atoms with Crippen LogP contribution < -0.4 is 10.6 Å². The lowest BCUT2D eigenvalue weighted by molar-refractivity contribution is 0.626. The summed E-state index contributed by atoms with van der Waals surface area (Å²) in [6.45, 7) is 4.37. The Kier molecular flexibility index (Phi) is 5.13. The van der Waals surface area contributed by atoms with Crippen molar-refractivity contribution in [3.8, 4) is 0 Å². The molecule has 0 aliphatic rings. The molecule has 0 aliphatic heterocycles. The fraction of sp³-hybridized carbons (Fsp3) is 0.294. The van der Waals surface area contributed by atoms with E-state index in [1.165, 1.54) is 17.2 Å². The van der Waals surface area contributed by atoms with Crippen molar-refractivity contribution in [3.05, 3.63) is 65.5 Å². The molecule has 106 valence electrons. The Morgan fingerprint density at radius 1 is 1.05 bits per heavy atom. The van der Waals surface area contributed by atoms with Gasteiger partial charge in [0.1, 0.15) is 5.82 Å². The van der Waals surface area contributed by atoms with Gasteiger partial charge >= 0.3 is 0 Å². The molecule has 2 rings (SSSR count). The largest absolute Gasteiger partial charge is 0.367 e. The highest BCUT2D eigenvalue weighted by molar-refractivity contribution is 5.47. The van der Waals surface area contributed by atoms with E-state index < -0.39 is 0 Å². The van der Waals surface area contributed by atoms with Crippen LogP contribution in [0.3, 0.4) is 0 Å². The normalized spacial score (nSPS) is 10.6. The van der Waals surface area contributed by atoms with Gasteiger partial charge < -0.3 is 10.6 Å². The zero-order valence-electron chi connectivity index (χ0n) is 11.8. The molecule has 2 aromatic rings. The standard InChI is InChI=1S/C17H21FN2/c1-2-20(17-5-3-4-16(18)12-17)13-15-8-6-14(7-9-15)10-11-19/h3-9,12H,2,10-11,13,19H2,1H3. The summed E-state index contributed by atoms with van der Waals surface area (Å²) in [5.74, 6) is -0.195. The van der Waals surface area contributed by atoms with Crippen LogP contribution in [0.1, 0.15) is 18.1 Å². The second-order valence-corrected chi connectivity index (χ2v) is 4.85. The first-order chi connectivity index (χ1) is 9.72. The quantitative estimate of drug-likeness (QED) is 0.873.